The molecule has 0 atom stereocenters. The van der Waals surface area contributed by atoms with Crippen molar-refractivity contribution in [1.29, 1.82) is 0 Å². The minimum atomic E-state index is 0.741. The van der Waals surface area contributed by atoms with Gasteiger partial charge >= 0.3 is 0 Å². The molecule has 0 aliphatic heterocycles. The summed E-state index contributed by atoms with van der Waals surface area (Å²) in [5, 5.41) is 2.03. The van der Waals surface area contributed by atoms with E-state index in [0.717, 1.165) is 40.0 Å². The van der Waals surface area contributed by atoms with E-state index in [2.05, 4.69) is 19.9 Å². The van der Waals surface area contributed by atoms with Crippen LogP contribution in [0.1, 0.15) is 19.4 Å². The first-order chi connectivity index (χ1) is 10.1. The number of methoxy groups -OCH3 is 3. The minimum absolute atomic E-state index is 0.741. The predicted molar refractivity (Wildman–Crippen MR) is 86.7 cm³/mol. The highest BCUT2D eigenvalue weighted by atomic mass is 16.5. The average molecular weight is 286 g/mol. The molecule has 0 fully saturated rings. The summed E-state index contributed by atoms with van der Waals surface area (Å²) in [6.45, 7) is 4.16. The Morgan fingerprint density at radius 2 is 1.38 bits per heavy atom. The summed E-state index contributed by atoms with van der Waals surface area (Å²) in [6.07, 6.45) is 2.91. The number of rotatable bonds is 5. The lowest BCUT2D eigenvalue weighted by molar-refractivity contribution is 0.349. The Labute approximate surface area is 126 Å². The summed E-state index contributed by atoms with van der Waals surface area (Å²) in [4.78, 5) is 0. The summed E-state index contributed by atoms with van der Waals surface area (Å²) in [5.74, 6) is 2.34. The summed E-state index contributed by atoms with van der Waals surface area (Å²) in [5.41, 5.74) is 2.27. The second kappa shape index (κ2) is 6.53. The molecule has 0 amide bonds. The normalized spacial score (nSPS) is 10.3. The number of hydrogen-bond donors (Lipinski definition) is 0. The van der Waals surface area contributed by atoms with Gasteiger partial charge in [-0.2, -0.15) is 0 Å². The van der Waals surface area contributed by atoms with Gasteiger partial charge in [0.25, 0.3) is 0 Å². The molecule has 2 rings (SSSR count). The molecule has 3 nitrogen and oxygen atoms in total. The second-order valence-corrected chi connectivity index (χ2v) is 5.11. The first kappa shape index (κ1) is 15.2. The Morgan fingerprint density at radius 3 is 1.86 bits per heavy atom. The van der Waals surface area contributed by atoms with Crippen LogP contribution in [0, 0.1) is 0 Å². The van der Waals surface area contributed by atoms with E-state index in [-0.39, 0.29) is 0 Å². The largest absolute Gasteiger partial charge is 0.496 e. The zero-order chi connectivity index (χ0) is 15.4. The van der Waals surface area contributed by atoms with Crippen LogP contribution in [-0.4, -0.2) is 21.3 Å². The molecule has 0 aliphatic carbocycles. The van der Waals surface area contributed by atoms with Crippen molar-refractivity contribution in [2.24, 2.45) is 0 Å². The standard InChI is InChI=1S/C18H22O3/c1-12(2)10-11-15-16(19-3)13-8-6-7-9-14(13)17(20-4)18(15)21-5/h6-10H,11H2,1-5H3. The van der Waals surface area contributed by atoms with Gasteiger partial charge in [-0.1, -0.05) is 35.9 Å². The Balaban J connectivity index is 2.82. The molecule has 0 heterocycles. The summed E-state index contributed by atoms with van der Waals surface area (Å²) >= 11 is 0. The zero-order valence-electron chi connectivity index (χ0n) is 13.3. The van der Waals surface area contributed by atoms with E-state index in [1.807, 2.05) is 24.3 Å². The van der Waals surface area contributed by atoms with Crippen molar-refractivity contribution in [3.8, 4) is 17.2 Å². The van der Waals surface area contributed by atoms with Gasteiger partial charge in [-0.3, -0.25) is 0 Å². The molecule has 2 aromatic carbocycles. The fourth-order valence-electron chi connectivity index (χ4n) is 2.55. The third kappa shape index (κ3) is 2.82. The van der Waals surface area contributed by atoms with Gasteiger partial charge in [0.15, 0.2) is 11.5 Å². The summed E-state index contributed by atoms with van der Waals surface area (Å²) in [7, 11) is 5.03. The molecule has 21 heavy (non-hydrogen) atoms. The average Bonchev–Trinajstić information content (AvgIpc) is 2.50. The topological polar surface area (TPSA) is 27.7 Å². The van der Waals surface area contributed by atoms with Gasteiger partial charge in [-0.05, 0) is 20.3 Å². The van der Waals surface area contributed by atoms with Crippen LogP contribution < -0.4 is 14.2 Å². The van der Waals surface area contributed by atoms with E-state index < -0.39 is 0 Å². The highest BCUT2D eigenvalue weighted by molar-refractivity contribution is 5.97. The Hall–Kier alpha value is -2.16. The second-order valence-electron chi connectivity index (χ2n) is 5.11. The summed E-state index contributed by atoms with van der Waals surface area (Å²) < 4.78 is 16.9. The first-order valence-corrected chi connectivity index (χ1v) is 6.96. The van der Waals surface area contributed by atoms with E-state index in [1.54, 1.807) is 21.3 Å². The SMILES string of the molecule is COc1c(CC=C(C)C)c(OC)c2ccccc2c1OC. The molecular weight excluding hydrogens is 264 g/mol. The van der Waals surface area contributed by atoms with Crippen molar-refractivity contribution >= 4 is 10.8 Å². The van der Waals surface area contributed by atoms with Crippen molar-refractivity contribution < 1.29 is 14.2 Å². The van der Waals surface area contributed by atoms with Crippen molar-refractivity contribution in [2.75, 3.05) is 21.3 Å². The molecular formula is C18H22O3. The number of benzene rings is 2. The molecule has 0 saturated heterocycles. The molecule has 3 heteroatoms. The molecule has 0 radical (unpaired) electrons. The van der Waals surface area contributed by atoms with Gasteiger partial charge in [0, 0.05) is 16.3 Å². The monoisotopic (exact) mass is 286 g/mol. The minimum Gasteiger partial charge on any atom is -0.496 e. The number of fused-ring (bicyclic) bond motifs is 1. The maximum atomic E-state index is 5.67. The number of hydrogen-bond acceptors (Lipinski definition) is 3. The Morgan fingerprint density at radius 1 is 0.857 bits per heavy atom. The number of ether oxygens (including phenoxy) is 3. The molecule has 0 saturated carbocycles. The van der Waals surface area contributed by atoms with Gasteiger partial charge in [0.05, 0.1) is 21.3 Å². The highest BCUT2D eigenvalue weighted by Crippen LogP contribution is 2.45. The number of allylic oxidation sites excluding steroid dienone is 2. The maximum Gasteiger partial charge on any atom is 0.169 e. The van der Waals surface area contributed by atoms with Gasteiger partial charge in [0.2, 0.25) is 0 Å². The highest BCUT2D eigenvalue weighted by Gasteiger charge is 2.20. The Bertz CT molecular complexity index is 668. The van der Waals surface area contributed by atoms with E-state index in [1.165, 1.54) is 5.57 Å². The lowest BCUT2D eigenvalue weighted by Gasteiger charge is -2.19. The lowest BCUT2D eigenvalue weighted by Crippen LogP contribution is -2.01. The van der Waals surface area contributed by atoms with Crippen LogP contribution in [0.3, 0.4) is 0 Å². The van der Waals surface area contributed by atoms with Crippen LogP contribution in [0.4, 0.5) is 0 Å². The Kier molecular flexibility index (Phi) is 4.73. The molecule has 0 spiro atoms. The van der Waals surface area contributed by atoms with Gasteiger partial charge in [-0.25, -0.2) is 0 Å². The lowest BCUT2D eigenvalue weighted by atomic mass is 9.99. The van der Waals surface area contributed by atoms with Crippen molar-refractivity contribution in [3.63, 3.8) is 0 Å². The zero-order valence-corrected chi connectivity index (χ0v) is 13.3. The molecule has 0 unspecified atom stereocenters. The fraction of sp³-hybridized carbons (Fsp3) is 0.333. The van der Waals surface area contributed by atoms with Crippen LogP contribution in [-0.2, 0) is 6.42 Å². The van der Waals surface area contributed by atoms with Crippen LogP contribution in [0.15, 0.2) is 35.9 Å². The van der Waals surface area contributed by atoms with Crippen LogP contribution in [0.25, 0.3) is 10.8 Å². The first-order valence-electron chi connectivity index (χ1n) is 6.96. The molecule has 0 N–H and O–H groups in total. The van der Waals surface area contributed by atoms with Gasteiger partial charge in [0.1, 0.15) is 5.75 Å². The van der Waals surface area contributed by atoms with Gasteiger partial charge in [-0.15, -0.1) is 0 Å². The van der Waals surface area contributed by atoms with Crippen LogP contribution in [0.5, 0.6) is 17.2 Å². The summed E-state index contributed by atoms with van der Waals surface area (Å²) in [6, 6.07) is 8.05. The third-order valence-electron chi connectivity index (χ3n) is 3.50. The van der Waals surface area contributed by atoms with E-state index >= 15 is 0 Å². The van der Waals surface area contributed by atoms with E-state index in [4.69, 9.17) is 14.2 Å². The van der Waals surface area contributed by atoms with E-state index in [9.17, 15) is 0 Å². The van der Waals surface area contributed by atoms with Crippen LogP contribution >= 0.6 is 0 Å². The van der Waals surface area contributed by atoms with Crippen LogP contribution in [0.2, 0.25) is 0 Å². The van der Waals surface area contributed by atoms with Crippen molar-refractivity contribution in [1.82, 2.24) is 0 Å². The third-order valence-corrected chi connectivity index (χ3v) is 3.50. The fourth-order valence-corrected chi connectivity index (χ4v) is 2.55. The predicted octanol–water partition coefficient (Wildman–Crippen LogP) is 4.37. The molecule has 0 aromatic heterocycles. The molecule has 0 aliphatic rings. The van der Waals surface area contributed by atoms with E-state index in [0.29, 0.717) is 0 Å². The maximum absolute atomic E-state index is 5.67. The smallest absolute Gasteiger partial charge is 0.169 e. The molecule has 0 bridgehead atoms. The van der Waals surface area contributed by atoms with Crippen molar-refractivity contribution in [2.45, 2.75) is 20.3 Å². The molecule has 2 aromatic rings. The molecule has 112 valence electrons. The van der Waals surface area contributed by atoms with Gasteiger partial charge < -0.3 is 14.2 Å². The quantitative estimate of drug-likeness (QED) is 0.764. The van der Waals surface area contributed by atoms with Crippen molar-refractivity contribution in [3.05, 3.63) is 41.5 Å².